The van der Waals surface area contributed by atoms with Crippen molar-refractivity contribution in [3.8, 4) is 0 Å². The van der Waals surface area contributed by atoms with E-state index in [2.05, 4.69) is 10.6 Å². The maximum Gasteiger partial charge on any atom is 0.319 e. The SMILES string of the molecule is O=C(NCC(O)CO)Nc1cc(F)ccc1Cl. The predicted molar refractivity (Wildman–Crippen MR) is 61.5 cm³/mol. The van der Waals surface area contributed by atoms with Gasteiger partial charge in [-0.05, 0) is 18.2 Å². The number of benzene rings is 1. The normalized spacial score (nSPS) is 12.0. The third-order valence-corrected chi connectivity index (χ3v) is 2.22. The zero-order valence-electron chi connectivity index (χ0n) is 8.78. The first-order chi connectivity index (χ1) is 8.02. The number of rotatable bonds is 4. The molecule has 0 saturated heterocycles. The average Bonchev–Trinajstić information content (AvgIpc) is 2.30. The molecule has 5 nitrogen and oxygen atoms in total. The van der Waals surface area contributed by atoms with Gasteiger partial charge in [0.1, 0.15) is 5.82 Å². The number of carbonyl (C=O) groups is 1. The summed E-state index contributed by atoms with van der Waals surface area (Å²) in [7, 11) is 0. The second-order valence-corrected chi connectivity index (χ2v) is 3.70. The summed E-state index contributed by atoms with van der Waals surface area (Å²) >= 11 is 5.73. The van der Waals surface area contributed by atoms with E-state index in [-0.39, 0.29) is 17.3 Å². The standard InChI is InChI=1S/C10H12ClFN2O3/c11-8-2-1-6(12)3-9(8)14-10(17)13-4-7(16)5-15/h1-3,7,15-16H,4-5H2,(H2,13,14,17). The van der Waals surface area contributed by atoms with E-state index in [1.54, 1.807) is 0 Å². The molecule has 7 heteroatoms. The Morgan fingerprint density at radius 2 is 2.24 bits per heavy atom. The number of hydrogen-bond acceptors (Lipinski definition) is 3. The van der Waals surface area contributed by atoms with Crippen LogP contribution >= 0.6 is 11.6 Å². The van der Waals surface area contributed by atoms with E-state index in [1.165, 1.54) is 12.1 Å². The summed E-state index contributed by atoms with van der Waals surface area (Å²) in [6.07, 6.45) is -1.04. The molecule has 1 aromatic carbocycles. The molecular weight excluding hydrogens is 251 g/mol. The van der Waals surface area contributed by atoms with Gasteiger partial charge in [-0.2, -0.15) is 0 Å². The molecular formula is C10H12ClFN2O3. The minimum Gasteiger partial charge on any atom is -0.394 e. The van der Waals surface area contributed by atoms with Crippen molar-refractivity contribution in [3.05, 3.63) is 29.0 Å². The number of carbonyl (C=O) groups excluding carboxylic acids is 1. The average molecular weight is 263 g/mol. The first-order valence-corrected chi connectivity index (χ1v) is 5.19. The molecule has 0 bridgehead atoms. The highest BCUT2D eigenvalue weighted by Gasteiger charge is 2.08. The van der Waals surface area contributed by atoms with Crippen LogP contribution in [0.25, 0.3) is 0 Å². The Bertz CT molecular complexity index is 403. The van der Waals surface area contributed by atoms with Crippen LogP contribution in [0.4, 0.5) is 14.9 Å². The highest BCUT2D eigenvalue weighted by molar-refractivity contribution is 6.33. The molecule has 1 unspecified atom stereocenters. The minimum atomic E-state index is -1.04. The summed E-state index contributed by atoms with van der Waals surface area (Å²) in [5.74, 6) is -0.528. The van der Waals surface area contributed by atoms with Crippen molar-refractivity contribution in [2.45, 2.75) is 6.10 Å². The summed E-state index contributed by atoms with van der Waals surface area (Å²) in [5, 5.41) is 22.3. The summed E-state index contributed by atoms with van der Waals surface area (Å²) in [4.78, 5) is 11.3. The van der Waals surface area contributed by atoms with Gasteiger partial charge in [0.2, 0.25) is 0 Å². The molecule has 1 rings (SSSR count). The van der Waals surface area contributed by atoms with Gasteiger partial charge in [0.15, 0.2) is 0 Å². The van der Waals surface area contributed by atoms with Gasteiger partial charge in [-0.15, -0.1) is 0 Å². The lowest BCUT2D eigenvalue weighted by molar-refractivity contribution is 0.0965. The first kappa shape index (κ1) is 13.7. The summed E-state index contributed by atoms with van der Waals surface area (Å²) < 4.78 is 12.9. The Balaban J connectivity index is 2.53. The number of aliphatic hydroxyl groups is 2. The van der Waals surface area contributed by atoms with Crippen molar-refractivity contribution < 1.29 is 19.4 Å². The molecule has 0 spiro atoms. The molecule has 2 amide bonds. The molecule has 1 aromatic rings. The summed E-state index contributed by atoms with van der Waals surface area (Å²) in [6.45, 7) is -0.573. The number of aliphatic hydroxyl groups excluding tert-OH is 2. The van der Waals surface area contributed by atoms with Gasteiger partial charge in [-0.3, -0.25) is 0 Å². The van der Waals surface area contributed by atoms with Gasteiger partial charge in [-0.1, -0.05) is 11.6 Å². The highest BCUT2D eigenvalue weighted by atomic mass is 35.5. The Morgan fingerprint density at radius 3 is 2.88 bits per heavy atom. The Labute approximate surface area is 102 Å². The van der Waals surface area contributed by atoms with E-state index in [9.17, 15) is 9.18 Å². The van der Waals surface area contributed by atoms with Crippen LogP contribution in [0.2, 0.25) is 5.02 Å². The van der Waals surface area contributed by atoms with Crippen molar-refractivity contribution in [3.63, 3.8) is 0 Å². The van der Waals surface area contributed by atoms with Crippen LogP contribution in [0, 0.1) is 5.82 Å². The zero-order chi connectivity index (χ0) is 12.8. The molecule has 0 aliphatic heterocycles. The van der Waals surface area contributed by atoms with Gasteiger partial charge < -0.3 is 20.8 Å². The number of hydrogen-bond donors (Lipinski definition) is 4. The number of urea groups is 1. The molecule has 0 aliphatic carbocycles. The quantitative estimate of drug-likeness (QED) is 0.652. The van der Waals surface area contributed by atoms with Gasteiger partial charge in [0.05, 0.1) is 23.4 Å². The van der Waals surface area contributed by atoms with Gasteiger partial charge in [-0.25, -0.2) is 9.18 Å². The third-order valence-electron chi connectivity index (χ3n) is 1.89. The lowest BCUT2D eigenvalue weighted by Gasteiger charge is -2.11. The molecule has 0 aliphatic rings. The van der Waals surface area contributed by atoms with Crippen LogP contribution in [0.5, 0.6) is 0 Å². The number of halogens is 2. The van der Waals surface area contributed by atoms with Gasteiger partial charge in [0.25, 0.3) is 0 Å². The summed E-state index contributed by atoms with van der Waals surface area (Å²) in [6, 6.07) is 2.91. The fraction of sp³-hybridized carbons (Fsp3) is 0.300. The van der Waals surface area contributed by atoms with Crippen LogP contribution in [-0.2, 0) is 0 Å². The molecule has 0 saturated carbocycles. The molecule has 94 valence electrons. The number of amides is 2. The van der Waals surface area contributed by atoms with Crippen molar-refractivity contribution in [2.75, 3.05) is 18.5 Å². The zero-order valence-corrected chi connectivity index (χ0v) is 9.54. The molecule has 0 heterocycles. The third kappa shape index (κ3) is 4.56. The lowest BCUT2D eigenvalue weighted by Crippen LogP contribution is -2.36. The van der Waals surface area contributed by atoms with E-state index >= 15 is 0 Å². The first-order valence-electron chi connectivity index (χ1n) is 4.81. The number of anilines is 1. The monoisotopic (exact) mass is 262 g/mol. The van der Waals surface area contributed by atoms with Crippen molar-refractivity contribution in [1.29, 1.82) is 0 Å². The van der Waals surface area contributed by atoms with E-state index in [0.29, 0.717) is 0 Å². The molecule has 4 N–H and O–H groups in total. The maximum absolute atomic E-state index is 12.9. The van der Waals surface area contributed by atoms with Crippen LogP contribution in [-0.4, -0.2) is 35.5 Å². The molecule has 1 atom stereocenters. The Hall–Kier alpha value is -1.37. The van der Waals surface area contributed by atoms with E-state index < -0.39 is 24.6 Å². The van der Waals surface area contributed by atoms with Crippen LogP contribution < -0.4 is 10.6 Å². The van der Waals surface area contributed by atoms with Crippen molar-refractivity contribution >= 4 is 23.3 Å². The Kier molecular flexibility index (Phi) is 5.14. The molecule has 0 radical (unpaired) electrons. The fourth-order valence-corrected chi connectivity index (χ4v) is 1.20. The summed E-state index contributed by atoms with van der Waals surface area (Å²) in [5.41, 5.74) is 0.127. The second kappa shape index (κ2) is 6.39. The fourth-order valence-electron chi connectivity index (χ4n) is 1.03. The van der Waals surface area contributed by atoms with E-state index in [4.69, 9.17) is 21.8 Å². The van der Waals surface area contributed by atoms with Crippen LogP contribution in [0.1, 0.15) is 0 Å². The van der Waals surface area contributed by atoms with Crippen LogP contribution in [0.15, 0.2) is 18.2 Å². The van der Waals surface area contributed by atoms with Gasteiger partial charge in [0, 0.05) is 6.54 Å². The molecule has 0 fully saturated rings. The molecule has 17 heavy (non-hydrogen) atoms. The molecule has 0 aromatic heterocycles. The second-order valence-electron chi connectivity index (χ2n) is 3.30. The number of nitrogens with one attached hydrogen (secondary N) is 2. The van der Waals surface area contributed by atoms with E-state index in [0.717, 1.165) is 6.07 Å². The van der Waals surface area contributed by atoms with Crippen LogP contribution in [0.3, 0.4) is 0 Å². The smallest absolute Gasteiger partial charge is 0.319 e. The largest absolute Gasteiger partial charge is 0.394 e. The van der Waals surface area contributed by atoms with Crippen molar-refractivity contribution in [2.24, 2.45) is 0 Å². The topological polar surface area (TPSA) is 81.6 Å². The maximum atomic E-state index is 12.9. The lowest BCUT2D eigenvalue weighted by atomic mass is 10.3. The van der Waals surface area contributed by atoms with Crippen molar-refractivity contribution in [1.82, 2.24) is 5.32 Å². The Morgan fingerprint density at radius 1 is 1.53 bits per heavy atom. The predicted octanol–water partition coefficient (Wildman–Crippen LogP) is 0.954. The van der Waals surface area contributed by atoms with E-state index in [1.807, 2.05) is 0 Å². The van der Waals surface area contributed by atoms with Gasteiger partial charge >= 0.3 is 6.03 Å². The highest BCUT2D eigenvalue weighted by Crippen LogP contribution is 2.22. The minimum absolute atomic E-state index is 0.116.